The first-order valence-electron chi connectivity index (χ1n) is 8.06. The largest absolute Gasteiger partial charge is 0.481 e. The van der Waals surface area contributed by atoms with E-state index in [0.717, 1.165) is 13.1 Å². The van der Waals surface area contributed by atoms with Gasteiger partial charge in [-0.25, -0.2) is 0 Å². The molecule has 1 aliphatic carbocycles. The van der Waals surface area contributed by atoms with Crippen LogP contribution >= 0.6 is 0 Å². The third kappa shape index (κ3) is 3.76. The van der Waals surface area contributed by atoms with Gasteiger partial charge in [-0.15, -0.1) is 0 Å². The Morgan fingerprint density at radius 3 is 2.00 bits per heavy atom. The first-order valence-corrected chi connectivity index (χ1v) is 8.06. The van der Waals surface area contributed by atoms with E-state index in [4.69, 9.17) is 0 Å². The van der Waals surface area contributed by atoms with Crippen molar-refractivity contribution in [3.8, 4) is 0 Å². The van der Waals surface area contributed by atoms with Gasteiger partial charge in [-0.2, -0.15) is 0 Å². The van der Waals surface area contributed by atoms with Gasteiger partial charge in [-0.3, -0.25) is 14.5 Å². The van der Waals surface area contributed by atoms with E-state index in [2.05, 4.69) is 4.90 Å². The van der Waals surface area contributed by atoms with Crippen molar-refractivity contribution < 1.29 is 14.7 Å². The van der Waals surface area contributed by atoms with Crippen LogP contribution in [0.5, 0.6) is 0 Å². The number of aliphatic carboxylic acids is 1. The van der Waals surface area contributed by atoms with Crippen molar-refractivity contribution in [1.29, 1.82) is 0 Å². The van der Waals surface area contributed by atoms with Crippen LogP contribution < -0.4 is 0 Å². The minimum Gasteiger partial charge on any atom is -0.481 e. The number of carboxylic acids is 1. The number of piperazine rings is 1. The molecule has 1 heterocycles. The van der Waals surface area contributed by atoms with E-state index < -0.39 is 17.3 Å². The number of nitrogens with zero attached hydrogens (tertiary/aromatic N) is 2. The fourth-order valence-corrected chi connectivity index (χ4v) is 3.61. The Hall–Kier alpha value is -1.10. The van der Waals surface area contributed by atoms with Gasteiger partial charge >= 0.3 is 5.97 Å². The van der Waals surface area contributed by atoms with Crippen LogP contribution in [-0.2, 0) is 9.59 Å². The van der Waals surface area contributed by atoms with E-state index in [-0.39, 0.29) is 5.91 Å². The van der Waals surface area contributed by atoms with Gasteiger partial charge in [0.15, 0.2) is 0 Å². The summed E-state index contributed by atoms with van der Waals surface area (Å²) < 4.78 is 0. The zero-order valence-electron chi connectivity index (χ0n) is 13.5. The molecular formula is C16H28N2O3. The number of rotatable bonds is 3. The number of amides is 1. The zero-order valence-corrected chi connectivity index (χ0v) is 13.5. The van der Waals surface area contributed by atoms with Crippen LogP contribution in [0.15, 0.2) is 0 Å². The summed E-state index contributed by atoms with van der Waals surface area (Å²) in [5.41, 5.74) is -0.550. The molecule has 1 saturated heterocycles. The van der Waals surface area contributed by atoms with Crippen molar-refractivity contribution in [1.82, 2.24) is 9.80 Å². The maximum Gasteiger partial charge on any atom is 0.316 e. The van der Waals surface area contributed by atoms with Gasteiger partial charge in [-0.05, 0) is 18.3 Å². The molecule has 2 rings (SSSR count). The van der Waals surface area contributed by atoms with Crippen LogP contribution in [0, 0.1) is 11.3 Å². The van der Waals surface area contributed by atoms with Crippen molar-refractivity contribution in [2.24, 2.45) is 11.3 Å². The van der Waals surface area contributed by atoms with Crippen molar-refractivity contribution in [2.45, 2.75) is 52.5 Å². The lowest BCUT2D eigenvalue weighted by atomic mass is 9.79. The normalized spacial score (nSPS) is 23.3. The minimum absolute atomic E-state index is 0.221. The van der Waals surface area contributed by atoms with E-state index >= 15 is 0 Å². The summed E-state index contributed by atoms with van der Waals surface area (Å²) in [5.74, 6) is -2.18. The lowest BCUT2D eigenvalue weighted by molar-refractivity contribution is -0.157. The van der Waals surface area contributed by atoms with Gasteiger partial charge < -0.3 is 10.0 Å². The molecule has 1 saturated carbocycles. The van der Waals surface area contributed by atoms with Crippen molar-refractivity contribution >= 4 is 11.9 Å². The average molecular weight is 296 g/mol. The predicted octanol–water partition coefficient (Wildman–Crippen LogP) is 1.82. The average Bonchev–Trinajstić information content (AvgIpc) is 2.90. The summed E-state index contributed by atoms with van der Waals surface area (Å²) in [6, 6.07) is 0.681. The number of carbonyl (C=O) groups excluding carboxylic acids is 1. The van der Waals surface area contributed by atoms with Gasteiger partial charge in [0.2, 0.25) is 5.91 Å². The minimum atomic E-state index is -1.01. The Morgan fingerprint density at radius 2 is 1.57 bits per heavy atom. The molecule has 0 aromatic carbocycles. The molecule has 0 aromatic rings. The van der Waals surface area contributed by atoms with Gasteiger partial charge in [0.1, 0.15) is 5.92 Å². The molecule has 1 N–H and O–H groups in total. The zero-order chi connectivity index (χ0) is 15.6. The van der Waals surface area contributed by atoms with E-state index in [0.29, 0.717) is 19.1 Å². The monoisotopic (exact) mass is 296 g/mol. The Morgan fingerprint density at radius 1 is 1.05 bits per heavy atom. The van der Waals surface area contributed by atoms with E-state index in [1.165, 1.54) is 25.7 Å². The quantitative estimate of drug-likeness (QED) is 0.807. The lowest BCUT2D eigenvalue weighted by Gasteiger charge is -2.40. The maximum atomic E-state index is 12.5. The molecule has 1 atom stereocenters. The van der Waals surface area contributed by atoms with Gasteiger partial charge in [0.05, 0.1) is 0 Å². The smallest absolute Gasteiger partial charge is 0.316 e. The Balaban J connectivity index is 1.94. The molecule has 0 spiro atoms. The molecule has 2 aliphatic rings. The van der Waals surface area contributed by atoms with Crippen LogP contribution in [0.4, 0.5) is 0 Å². The highest BCUT2D eigenvalue weighted by molar-refractivity contribution is 5.97. The molecule has 0 aromatic heterocycles. The van der Waals surface area contributed by atoms with Crippen LogP contribution in [0.1, 0.15) is 46.5 Å². The second kappa shape index (κ2) is 6.34. The van der Waals surface area contributed by atoms with Gasteiger partial charge in [0, 0.05) is 32.2 Å². The standard InChI is InChI=1S/C16H28N2O3/c1-16(2,3)13(15(20)21)14(19)18-10-8-17(9-11-18)12-6-4-5-7-12/h12-13H,4-11H2,1-3H3,(H,20,21). The number of hydrogen-bond acceptors (Lipinski definition) is 3. The van der Waals surface area contributed by atoms with Crippen LogP contribution in [0.25, 0.3) is 0 Å². The molecule has 1 unspecified atom stereocenters. The van der Waals surface area contributed by atoms with Crippen molar-refractivity contribution in [3.63, 3.8) is 0 Å². The first-order chi connectivity index (χ1) is 9.80. The van der Waals surface area contributed by atoms with Crippen LogP contribution in [0.2, 0.25) is 0 Å². The Kier molecular flexibility index (Phi) is 4.91. The summed E-state index contributed by atoms with van der Waals surface area (Å²) >= 11 is 0. The fraction of sp³-hybridized carbons (Fsp3) is 0.875. The van der Waals surface area contributed by atoms with Gasteiger partial charge in [-0.1, -0.05) is 33.6 Å². The lowest BCUT2D eigenvalue weighted by Crippen LogP contribution is -2.54. The molecule has 2 fully saturated rings. The predicted molar refractivity (Wildman–Crippen MR) is 81.0 cm³/mol. The maximum absolute atomic E-state index is 12.5. The summed E-state index contributed by atoms with van der Waals surface area (Å²) in [5, 5.41) is 9.38. The Labute approximate surface area is 127 Å². The number of hydrogen-bond donors (Lipinski definition) is 1. The Bertz CT molecular complexity index is 389. The SMILES string of the molecule is CC(C)(C)C(C(=O)O)C(=O)N1CCN(C2CCCC2)CC1. The third-order valence-corrected chi connectivity index (χ3v) is 4.83. The summed E-state index contributed by atoms with van der Waals surface area (Å²) in [6.45, 7) is 8.54. The number of carboxylic acid groups (broad SMARTS) is 1. The van der Waals surface area contributed by atoms with Crippen molar-refractivity contribution in [2.75, 3.05) is 26.2 Å². The molecular weight excluding hydrogens is 268 g/mol. The third-order valence-electron chi connectivity index (χ3n) is 4.83. The summed E-state index contributed by atoms with van der Waals surface area (Å²) in [6.07, 6.45) is 5.17. The molecule has 1 aliphatic heterocycles. The highest BCUT2D eigenvalue weighted by Crippen LogP contribution is 2.29. The van der Waals surface area contributed by atoms with Crippen LogP contribution in [-0.4, -0.2) is 59.0 Å². The first kappa shape index (κ1) is 16.3. The highest BCUT2D eigenvalue weighted by Gasteiger charge is 2.41. The molecule has 0 radical (unpaired) electrons. The molecule has 5 heteroatoms. The van der Waals surface area contributed by atoms with Crippen molar-refractivity contribution in [3.05, 3.63) is 0 Å². The molecule has 1 amide bonds. The highest BCUT2D eigenvalue weighted by atomic mass is 16.4. The molecule has 5 nitrogen and oxygen atoms in total. The molecule has 0 bridgehead atoms. The van der Waals surface area contributed by atoms with Gasteiger partial charge in [0.25, 0.3) is 0 Å². The van der Waals surface area contributed by atoms with E-state index in [1.807, 2.05) is 20.8 Å². The second-order valence-corrected chi connectivity index (χ2v) is 7.44. The number of carbonyl (C=O) groups is 2. The van der Waals surface area contributed by atoms with E-state index in [1.54, 1.807) is 4.90 Å². The summed E-state index contributed by atoms with van der Waals surface area (Å²) in [7, 11) is 0. The second-order valence-electron chi connectivity index (χ2n) is 7.44. The molecule has 21 heavy (non-hydrogen) atoms. The topological polar surface area (TPSA) is 60.9 Å². The fourth-order valence-electron chi connectivity index (χ4n) is 3.61. The summed E-state index contributed by atoms with van der Waals surface area (Å²) in [4.78, 5) is 28.2. The van der Waals surface area contributed by atoms with Crippen LogP contribution in [0.3, 0.4) is 0 Å². The molecule has 120 valence electrons. The van der Waals surface area contributed by atoms with E-state index in [9.17, 15) is 14.7 Å².